The summed E-state index contributed by atoms with van der Waals surface area (Å²) < 4.78 is 38.2. The number of rotatable bonds is 1. The van der Waals surface area contributed by atoms with Crippen molar-refractivity contribution in [1.82, 2.24) is 5.01 Å². The molecule has 1 aromatic rings. The molecule has 0 fully saturated rings. The highest BCUT2D eigenvalue weighted by molar-refractivity contribution is 5.95. The van der Waals surface area contributed by atoms with Gasteiger partial charge in [-0.3, -0.25) is 4.79 Å². The molecule has 0 aromatic heterocycles. The molecule has 0 bridgehead atoms. The lowest BCUT2D eigenvalue weighted by atomic mass is 10.1. The number of amides is 1. The fourth-order valence-electron chi connectivity index (χ4n) is 1.59. The van der Waals surface area contributed by atoms with Crippen LogP contribution in [0.25, 0.3) is 0 Å². The maximum atomic E-state index is 12.7. The average molecular weight is 258 g/mol. The van der Waals surface area contributed by atoms with E-state index in [-0.39, 0.29) is 10.6 Å². The van der Waals surface area contributed by atoms with E-state index in [2.05, 4.69) is 5.10 Å². The molecule has 1 aliphatic heterocycles. The average Bonchev–Trinajstić information content (AvgIpc) is 2.72. The summed E-state index contributed by atoms with van der Waals surface area (Å²) >= 11 is 0. The van der Waals surface area contributed by atoms with Crippen LogP contribution in [0, 0.1) is 0 Å². The van der Waals surface area contributed by atoms with Gasteiger partial charge < -0.3 is 5.11 Å². The number of carbonyl (C=O) groups excluding carboxylic acids is 1. The van der Waals surface area contributed by atoms with Gasteiger partial charge in [0.2, 0.25) is 0 Å². The lowest BCUT2D eigenvalue weighted by Crippen LogP contribution is -2.56. The van der Waals surface area contributed by atoms with Gasteiger partial charge in [-0.2, -0.15) is 23.3 Å². The molecule has 1 atom stereocenters. The van der Waals surface area contributed by atoms with Crippen LogP contribution in [0.3, 0.4) is 0 Å². The smallest absolute Gasteiger partial charge is 0.362 e. The Labute approximate surface area is 100 Å². The van der Waals surface area contributed by atoms with Gasteiger partial charge in [-0.15, -0.1) is 0 Å². The van der Waals surface area contributed by atoms with Gasteiger partial charge >= 0.3 is 6.18 Å². The number of halogens is 3. The Morgan fingerprint density at radius 3 is 2.50 bits per heavy atom. The lowest BCUT2D eigenvalue weighted by Gasteiger charge is -2.32. The molecule has 0 radical (unpaired) electrons. The second-order valence-electron chi connectivity index (χ2n) is 3.80. The molecule has 96 valence electrons. The van der Waals surface area contributed by atoms with Crippen molar-refractivity contribution in [2.75, 3.05) is 0 Å². The Morgan fingerprint density at radius 2 is 1.94 bits per heavy atom. The maximum absolute atomic E-state index is 12.7. The molecule has 2 rings (SSSR count). The van der Waals surface area contributed by atoms with E-state index < -0.39 is 24.2 Å². The Morgan fingerprint density at radius 1 is 1.33 bits per heavy atom. The van der Waals surface area contributed by atoms with Crippen molar-refractivity contribution in [3.8, 4) is 0 Å². The second kappa shape index (κ2) is 4.09. The number of carbonyl (C=O) groups is 1. The van der Waals surface area contributed by atoms with E-state index >= 15 is 0 Å². The van der Waals surface area contributed by atoms with Crippen LogP contribution in [-0.4, -0.2) is 34.1 Å². The van der Waals surface area contributed by atoms with Gasteiger partial charge in [-0.1, -0.05) is 18.2 Å². The summed E-state index contributed by atoms with van der Waals surface area (Å²) in [4.78, 5) is 11.9. The minimum Gasteiger partial charge on any atom is -0.362 e. The molecule has 1 unspecified atom stereocenters. The minimum atomic E-state index is -4.96. The topological polar surface area (TPSA) is 52.9 Å². The highest BCUT2D eigenvalue weighted by Gasteiger charge is 2.61. The number of hydrogen-bond acceptors (Lipinski definition) is 3. The van der Waals surface area contributed by atoms with E-state index in [4.69, 9.17) is 0 Å². The SMILES string of the molecule is O=C(c1ccccc1)N1N=CCC1(O)C(F)(F)F. The van der Waals surface area contributed by atoms with Crippen LogP contribution in [0.4, 0.5) is 13.2 Å². The van der Waals surface area contributed by atoms with Gasteiger partial charge in [0.1, 0.15) is 0 Å². The Bertz CT molecular complexity index is 487. The number of benzene rings is 1. The summed E-state index contributed by atoms with van der Waals surface area (Å²) in [5.74, 6) is -0.996. The van der Waals surface area contributed by atoms with Gasteiger partial charge in [0.05, 0.1) is 0 Å². The minimum absolute atomic E-state index is 0.0271. The molecule has 1 aromatic carbocycles. The summed E-state index contributed by atoms with van der Waals surface area (Å²) in [6, 6.07) is 7.36. The van der Waals surface area contributed by atoms with Crippen molar-refractivity contribution in [3.05, 3.63) is 35.9 Å². The molecule has 1 heterocycles. The van der Waals surface area contributed by atoms with Crippen LogP contribution in [0.5, 0.6) is 0 Å². The highest BCUT2D eigenvalue weighted by Crippen LogP contribution is 2.39. The zero-order valence-electron chi connectivity index (χ0n) is 9.05. The normalized spacial score (nSPS) is 23.4. The van der Waals surface area contributed by atoms with Gasteiger partial charge in [0, 0.05) is 18.2 Å². The zero-order chi connectivity index (χ0) is 13.4. The third kappa shape index (κ3) is 1.86. The van der Waals surface area contributed by atoms with Crippen LogP contribution < -0.4 is 0 Å². The molecular formula is C11H9F3N2O2. The standard InChI is InChI=1S/C11H9F3N2O2/c12-11(13,14)10(18)6-7-15-16(10)9(17)8-4-2-1-3-5-8/h1-5,7,18H,6H2. The van der Waals surface area contributed by atoms with E-state index in [0.717, 1.165) is 6.21 Å². The predicted octanol–water partition coefficient (Wildman–Crippen LogP) is 1.77. The fraction of sp³-hybridized carbons (Fsp3) is 0.273. The van der Waals surface area contributed by atoms with Crippen molar-refractivity contribution < 1.29 is 23.1 Å². The maximum Gasteiger partial charge on any atom is 0.438 e. The molecule has 0 spiro atoms. The first-order valence-electron chi connectivity index (χ1n) is 5.07. The number of alkyl halides is 3. The summed E-state index contributed by atoms with van der Waals surface area (Å²) in [5, 5.41) is 13.0. The van der Waals surface area contributed by atoms with Crippen LogP contribution in [0.2, 0.25) is 0 Å². The largest absolute Gasteiger partial charge is 0.438 e. The second-order valence-corrected chi connectivity index (χ2v) is 3.80. The number of hydrazone groups is 1. The molecule has 4 nitrogen and oxygen atoms in total. The van der Waals surface area contributed by atoms with Crippen LogP contribution in [0.1, 0.15) is 16.8 Å². The van der Waals surface area contributed by atoms with Crippen LogP contribution in [-0.2, 0) is 0 Å². The quantitative estimate of drug-likeness (QED) is 0.834. The number of hydrogen-bond donors (Lipinski definition) is 1. The van der Waals surface area contributed by atoms with Crippen molar-refractivity contribution in [1.29, 1.82) is 0 Å². The van der Waals surface area contributed by atoms with Gasteiger partial charge in [-0.05, 0) is 12.1 Å². The third-order valence-corrected chi connectivity index (χ3v) is 2.59. The Balaban J connectivity index is 2.34. The van der Waals surface area contributed by atoms with Gasteiger partial charge in [0.25, 0.3) is 11.6 Å². The molecule has 7 heteroatoms. The molecule has 18 heavy (non-hydrogen) atoms. The van der Waals surface area contributed by atoms with E-state index in [0.29, 0.717) is 0 Å². The summed E-state index contributed by atoms with van der Waals surface area (Å²) in [6.45, 7) is 0. The van der Waals surface area contributed by atoms with Crippen molar-refractivity contribution in [3.63, 3.8) is 0 Å². The molecule has 1 N–H and O–H groups in total. The van der Waals surface area contributed by atoms with Crippen LogP contribution >= 0.6 is 0 Å². The number of aliphatic hydroxyl groups is 1. The van der Waals surface area contributed by atoms with Crippen molar-refractivity contribution in [2.24, 2.45) is 5.10 Å². The third-order valence-electron chi connectivity index (χ3n) is 2.59. The first-order chi connectivity index (χ1) is 8.36. The fourth-order valence-corrected chi connectivity index (χ4v) is 1.59. The van der Waals surface area contributed by atoms with Crippen molar-refractivity contribution >= 4 is 12.1 Å². The monoisotopic (exact) mass is 258 g/mol. The van der Waals surface area contributed by atoms with E-state index in [1.54, 1.807) is 6.07 Å². The first-order valence-corrected chi connectivity index (χ1v) is 5.07. The molecule has 1 aliphatic rings. The molecule has 1 amide bonds. The number of nitrogens with zero attached hydrogens (tertiary/aromatic N) is 2. The predicted molar refractivity (Wildman–Crippen MR) is 56.7 cm³/mol. The molecule has 0 saturated heterocycles. The van der Waals surface area contributed by atoms with E-state index in [9.17, 15) is 23.1 Å². The molecule has 0 aliphatic carbocycles. The summed E-state index contributed by atoms with van der Waals surface area (Å²) in [7, 11) is 0. The lowest BCUT2D eigenvalue weighted by molar-refractivity contribution is -0.297. The first kappa shape index (κ1) is 12.6. The van der Waals surface area contributed by atoms with E-state index in [1.807, 2.05) is 0 Å². The summed E-state index contributed by atoms with van der Waals surface area (Å²) in [5.41, 5.74) is -3.24. The Hall–Kier alpha value is -1.89. The molecule has 0 saturated carbocycles. The summed E-state index contributed by atoms with van der Waals surface area (Å²) in [6.07, 6.45) is -4.86. The zero-order valence-corrected chi connectivity index (χ0v) is 9.05. The van der Waals surface area contributed by atoms with Gasteiger partial charge in [-0.25, -0.2) is 0 Å². The van der Waals surface area contributed by atoms with Crippen molar-refractivity contribution in [2.45, 2.75) is 18.3 Å². The highest BCUT2D eigenvalue weighted by atomic mass is 19.4. The van der Waals surface area contributed by atoms with Crippen LogP contribution in [0.15, 0.2) is 35.4 Å². The van der Waals surface area contributed by atoms with Gasteiger partial charge in [0.15, 0.2) is 0 Å². The Kier molecular flexibility index (Phi) is 2.86. The van der Waals surface area contributed by atoms with E-state index in [1.165, 1.54) is 24.3 Å². The molecular weight excluding hydrogens is 249 g/mol.